The van der Waals surface area contributed by atoms with Crippen LogP contribution >= 0.6 is 0 Å². The van der Waals surface area contributed by atoms with Crippen molar-refractivity contribution >= 4 is 5.91 Å². The topological polar surface area (TPSA) is 54.5 Å². The molecule has 1 aliphatic rings. The zero-order chi connectivity index (χ0) is 16.9. The molecule has 1 saturated heterocycles. The van der Waals surface area contributed by atoms with E-state index in [1.54, 1.807) is 13.3 Å². The van der Waals surface area contributed by atoms with E-state index in [0.29, 0.717) is 6.54 Å². The van der Waals surface area contributed by atoms with E-state index in [1.807, 2.05) is 48.3 Å². The molecule has 0 spiro atoms. The summed E-state index contributed by atoms with van der Waals surface area (Å²) in [5.74, 6) is 0.0558. The first-order chi connectivity index (χ1) is 11.7. The van der Waals surface area contributed by atoms with Gasteiger partial charge in [-0.05, 0) is 37.2 Å². The fraction of sp³-hybridized carbons (Fsp3) is 0.368. The second-order valence-electron chi connectivity index (χ2n) is 6.18. The summed E-state index contributed by atoms with van der Waals surface area (Å²) in [6.45, 7) is 1.31. The molecule has 0 bridgehead atoms. The van der Waals surface area contributed by atoms with Gasteiger partial charge in [-0.2, -0.15) is 0 Å². The Balaban J connectivity index is 1.62. The monoisotopic (exact) mass is 325 g/mol. The normalized spacial score (nSPS) is 20.9. The molecule has 1 N–H and O–H groups in total. The van der Waals surface area contributed by atoms with Gasteiger partial charge in [-0.15, -0.1) is 0 Å². The molecular weight excluding hydrogens is 302 g/mol. The number of hydrogen-bond donors (Lipinski definition) is 1. The molecule has 2 heterocycles. The summed E-state index contributed by atoms with van der Waals surface area (Å²) in [6.07, 6.45) is 2.66. The smallest absolute Gasteiger partial charge is 0.237 e. The molecule has 0 saturated carbocycles. The highest BCUT2D eigenvalue weighted by molar-refractivity contribution is 5.82. The van der Waals surface area contributed by atoms with Crippen molar-refractivity contribution in [3.05, 3.63) is 54.2 Å². The average Bonchev–Trinajstić information content (AvgIpc) is 3.02. The van der Waals surface area contributed by atoms with E-state index in [1.165, 1.54) is 0 Å². The van der Waals surface area contributed by atoms with Gasteiger partial charge in [-0.3, -0.25) is 14.7 Å². The maximum absolute atomic E-state index is 12.4. The summed E-state index contributed by atoms with van der Waals surface area (Å²) in [5.41, 5.74) is 3.05. The van der Waals surface area contributed by atoms with Gasteiger partial charge in [0.05, 0.1) is 17.8 Å². The first-order valence-electron chi connectivity index (χ1n) is 8.18. The molecule has 2 aromatic rings. The summed E-state index contributed by atoms with van der Waals surface area (Å²) in [5, 5.41) is 3.04. The van der Waals surface area contributed by atoms with E-state index in [9.17, 15) is 4.79 Å². The first-order valence-corrected chi connectivity index (χ1v) is 8.18. The fourth-order valence-corrected chi connectivity index (χ4v) is 3.11. The van der Waals surface area contributed by atoms with Gasteiger partial charge in [0.1, 0.15) is 0 Å². The first kappa shape index (κ1) is 16.6. The van der Waals surface area contributed by atoms with Gasteiger partial charge in [0.2, 0.25) is 5.91 Å². The summed E-state index contributed by atoms with van der Waals surface area (Å²) < 4.78 is 5.36. The van der Waals surface area contributed by atoms with Crippen LogP contribution in [-0.4, -0.2) is 48.6 Å². The molecule has 1 aromatic heterocycles. The predicted molar refractivity (Wildman–Crippen MR) is 93.4 cm³/mol. The summed E-state index contributed by atoms with van der Waals surface area (Å²) in [7, 11) is 3.66. The van der Waals surface area contributed by atoms with E-state index in [2.05, 4.69) is 16.4 Å². The molecule has 3 rings (SSSR count). The molecule has 126 valence electrons. The standard InChI is InChI=1S/C19H23N3O2/c1-22-13-16(24-2)11-18(22)19(23)21-12-14-6-5-7-15(10-14)17-8-3-4-9-20-17/h3-10,16,18H,11-13H2,1-2H3,(H,21,23)/t16-,18-/m0/s1. The third-order valence-electron chi connectivity index (χ3n) is 4.50. The Kier molecular flexibility index (Phi) is 5.23. The second kappa shape index (κ2) is 7.55. The summed E-state index contributed by atoms with van der Waals surface area (Å²) in [6, 6.07) is 13.8. The van der Waals surface area contributed by atoms with Crippen LogP contribution in [0.15, 0.2) is 48.7 Å². The lowest BCUT2D eigenvalue weighted by Gasteiger charge is -2.18. The summed E-state index contributed by atoms with van der Waals surface area (Å²) in [4.78, 5) is 18.8. The number of nitrogens with zero attached hydrogens (tertiary/aromatic N) is 2. The lowest BCUT2D eigenvalue weighted by atomic mass is 10.1. The molecule has 0 unspecified atom stereocenters. The molecule has 24 heavy (non-hydrogen) atoms. The van der Waals surface area contributed by atoms with Crippen molar-refractivity contribution in [2.45, 2.75) is 25.1 Å². The number of hydrogen-bond acceptors (Lipinski definition) is 4. The Morgan fingerprint density at radius 1 is 1.33 bits per heavy atom. The summed E-state index contributed by atoms with van der Waals surface area (Å²) >= 11 is 0. The number of pyridine rings is 1. The molecule has 1 amide bonds. The van der Waals surface area contributed by atoms with Gasteiger partial charge in [0.25, 0.3) is 0 Å². The van der Waals surface area contributed by atoms with Crippen molar-refractivity contribution in [3.8, 4) is 11.3 Å². The molecule has 1 aliphatic heterocycles. The zero-order valence-corrected chi connectivity index (χ0v) is 14.1. The number of carbonyl (C=O) groups is 1. The van der Waals surface area contributed by atoms with Gasteiger partial charge >= 0.3 is 0 Å². The SMILES string of the molecule is CO[C@H]1C[C@@H](C(=O)NCc2cccc(-c3ccccn3)c2)N(C)C1. The van der Waals surface area contributed by atoms with Crippen LogP contribution in [0.2, 0.25) is 0 Å². The molecule has 0 aliphatic carbocycles. The minimum atomic E-state index is -0.117. The van der Waals surface area contributed by atoms with Gasteiger partial charge < -0.3 is 10.1 Å². The Morgan fingerprint density at radius 2 is 2.21 bits per heavy atom. The number of rotatable bonds is 5. The predicted octanol–water partition coefficient (Wildman–Crippen LogP) is 2.08. The van der Waals surface area contributed by atoms with E-state index in [-0.39, 0.29) is 18.1 Å². The highest BCUT2D eigenvalue weighted by Crippen LogP contribution is 2.19. The third-order valence-corrected chi connectivity index (χ3v) is 4.50. The van der Waals surface area contributed by atoms with Crippen LogP contribution in [0.5, 0.6) is 0 Å². The van der Waals surface area contributed by atoms with Gasteiger partial charge in [-0.1, -0.05) is 24.3 Å². The lowest BCUT2D eigenvalue weighted by molar-refractivity contribution is -0.125. The van der Waals surface area contributed by atoms with Crippen LogP contribution in [0.3, 0.4) is 0 Å². The number of likely N-dealkylation sites (tertiary alicyclic amines) is 1. The van der Waals surface area contributed by atoms with Crippen LogP contribution < -0.4 is 5.32 Å². The minimum absolute atomic E-state index is 0.0558. The van der Waals surface area contributed by atoms with Crippen LogP contribution in [0, 0.1) is 0 Å². The van der Waals surface area contributed by atoms with Gasteiger partial charge in [0, 0.05) is 32.0 Å². The maximum Gasteiger partial charge on any atom is 0.237 e. The fourth-order valence-electron chi connectivity index (χ4n) is 3.11. The Bertz CT molecular complexity index is 690. The highest BCUT2D eigenvalue weighted by atomic mass is 16.5. The minimum Gasteiger partial charge on any atom is -0.380 e. The van der Waals surface area contributed by atoms with Crippen LogP contribution in [0.25, 0.3) is 11.3 Å². The Labute approximate surface area is 142 Å². The third kappa shape index (κ3) is 3.80. The number of aromatic nitrogens is 1. The van der Waals surface area contributed by atoms with Gasteiger partial charge in [-0.25, -0.2) is 0 Å². The highest BCUT2D eigenvalue weighted by Gasteiger charge is 2.34. The molecule has 1 aromatic carbocycles. The number of likely N-dealkylation sites (N-methyl/N-ethyl adjacent to an activating group) is 1. The second-order valence-corrected chi connectivity index (χ2v) is 6.18. The van der Waals surface area contributed by atoms with Crippen LogP contribution in [-0.2, 0) is 16.1 Å². The van der Waals surface area contributed by atoms with Crippen molar-refractivity contribution in [2.24, 2.45) is 0 Å². The van der Waals surface area contributed by atoms with Crippen molar-refractivity contribution in [2.75, 3.05) is 20.7 Å². The van der Waals surface area contributed by atoms with Crippen molar-refractivity contribution in [3.63, 3.8) is 0 Å². The average molecular weight is 325 g/mol. The van der Waals surface area contributed by atoms with Crippen molar-refractivity contribution in [1.29, 1.82) is 0 Å². The van der Waals surface area contributed by atoms with E-state index < -0.39 is 0 Å². The molecule has 1 fully saturated rings. The molecule has 5 nitrogen and oxygen atoms in total. The number of ether oxygens (including phenoxy) is 1. The van der Waals surface area contributed by atoms with Crippen LogP contribution in [0.4, 0.5) is 0 Å². The Morgan fingerprint density at radius 3 is 2.92 bits per heavy atom. The quantitative estimate of drug-likeness (QED) is 0.914. The van der Waals surface area contributed by atoms with Crippen molar-refractivity contribution < 1.29 is 9.53 Å². The van der Waals surface area contributed by atoms with E-state index >= 15 is 0 Å². The van der Waals surface area contributed by atoms with Crippen molar-refractivity contribution in [1.82, 2.24) is 15.2 Å². The van der Waals surface area contributed by atoms with Gasteiger partial charge in [0.15, 0.2) is 0 Å². The van der Waals surface area contributed by atoms with Crippen LogP contribution in [0.1, 0.15) is 12.0 Å². The number of carbonyl (C=O) groups excluding carboxylic acids is 1. The number of amides is 1. The Hall–Kier alpha value is -2.24. The van der Waals surface area contributed by atoms with E-state index in [0.717, 1.165) is 29.8 Å². The number of benzene rings is 1. The largest absolute Gasteiger partial charge is 0.380 e. The molecular formula is C19H23N3O2. The number of methoxy groups -OCH3 is 1. The number of nitrogens with one attached hydrogen (secondary N) is 1. The molecule has 2 atom stereocenters. The lowest BCUT2D eigenvalue weighted by Crippen LogP contribution is -2.41. The maximum atomic E-state index is 12.4. The molecule has 0 radical (unpaired) electrons. The zero-order valence-electron chi connectivity index (χ0n) is 14.1. The molecule has 5 heteroatoms. The van der Waals surface area contributed by atoms with E-state index in [4.69, 9.17) is 4.74 Å².